The third kappa shape index (κ3) is 13.4. The lowest BCUT2D eigenvalue weighted by molar-refractivity contribution is -0.146. The molecule has 0 spiro atoms. The van der Waals surface area contributed by atoms with Gasteiger partial charge < -0.3 is 18.9 Å². The van der Waals surface area contributed by atoms with Gasteiger partial charge in [0.05, 0.1) is 25.9 Å². The fourth-order valence-electron chi connectivity index (χ4n) is 3.35. The van der Waals surface area contributed by atoms with Crippen LogP contribution in [-0.2, 0) is 18.9 Å². The van der Waals surface area contributed by atoms with Gasteiger partial charge in [0.15, 0.2) is 5.79 Å². The van der Waals surface area contributed by atoms with Gasteiger partial charge >= 0.3 is 0 Å². The topological polar surface area (TPSA) is 36.9 Å². The molecular weight excluding hydrogens is 340 g/mol. The van der Waals surface area contributed by atoms with E-state index in [9.17, 15) is 0 Å². The summed E-state index contributed by atoms with van der Waals surface area (Å²) in [6.07, 6.45) is 19.2. The predicted molar refractivity (Wildman–Crippen MR) is 112 cm³/mol. The van der Waals surface area contributed by atoms with Crippen molar-refractivity contribution in [2.75, 3.05) is 26.9 Å². The molecule has 1 heterocycles. The fraction of sp³-hybridized carbons (Fsp3) is 0.913. The smallest absolute Gasteiger partial charge is 0.163 e. The quantitative estimate of drug-likeness (QED) is 0.226. The maximum Gasteiger partial charge on any atom is 0.163 e. The monoisotopic (exact) mass is 384 g/mol. The molecule has 4 nitrogen and oxygen atoms in total. The lowest BCUT2D eigenvalue weighted by Crippen LogP contribution is -2.26. The highest BCUT2D eigenvalue weighted by atomic mass is 16.7. The van der Waals surface area contributed by atoms with Crippen LogP contribution in [0.2, 0.25) is 0 Å². The van der Waals surface area contributed by atoms with Crippen molar-refractivity contribution in [2.24, 2.45) is 0 Å². The Hall–Kier alpha value is -0.420. The summed E-state index contributed by atoms with van der Waals surface area (Å²) in [6.45, 7) is 7.90. The third-order valence-corrected chi connectivity index (χ3v) is 5.05. The second-order valence-electron chi connectivity index (χ2n) is 8.17. The minimum Gasteiger partial charge on any atom is -0.379 e. The molecule has 1 rings (SSSR count). The molecule has 2 unspecified atom stereocenters. The lowest BCUT2D eigenvalue weighted by atomic mass is 10.1. The maximum absolute atomic E-state index is 5.76. The number of hydrogen-bond donors (Lipinski definition) is 0. The largest absolute Gasteiger partial charge is 0.379 e. The van der Waals surface area contributed by atoms with Gasteiger partial charge in [-0.05, 0) is 33.1 Å². The Kier molecular flexibility index (Phi) is 14.1. The van der Waals surface area contributed by atoms with Gasteiger partial charge in [-0.15, -0.1) is 0 Å². The molecule has 160 valence electrons. The van der Waals surface area contributed by atoms with Gasteiger partial charge in [0.2, 0.25) is 0 Å². The van der Waals surface area contributed by atoms with Crippen molar-refractivity contribution in [1.29, 1.82) is 0 Å². The van der Waals surface area contributed by atoms with Crippen molar-refractivity contribution >= 4 is 0 Å². The molecule has 1 fully saturated rings. The molecule has 0 bridgehead atoms. The number of hydrogen-bond acceptors (Lipinski definition) is 4. The Morgan fingerprint density at radius 2 is 1.67 bits per heavy atom. The van der Waals surface area contributed by atoms with Crippen LogP contribution in [0.3, 0.4) is 0 Å². The highest BCUT2D eigenvalue weighted by molar-refractivity contribution is 4.84. The van der Waals surface area contributed by atoms with Crippen LogP contribution in [0.25, 0.3) is 0 Å². The zero-order valence-electron chi connectivity index (χ0n) is 18.3. The fourth-order valence-corrected chi connectivity index (χ4v) is 3.35. The van der Waals surface area contributed by atoms with E-state index in [-0.39, 0.29) is 12.2 Å². The molecule has 2 atom stereocenters. The molecule has 1 aliphatic heterocycles. The summed E-state index contributed by atoms with van der Waals surface area (Å²) >= 11 is 0. The molecular formula is C23H44O4. The van der Waals surface area contributed by atoms with E-state index in [4.69, 9.17) is 18.9 Å². The van der Waals surface area contributed by atoms with Crippen LogP contribution in [0.1, 0.15) is 91.4 Å². The molecule has 0 aromatic carbocycles. The Labute approximate surface area is 168 Å². The third-order valence-electron chi connectivity index (χ3n) is 5.05. The van der Waals surface area contributed by atoms with Crippen LogP contribution in [0.15, 0.2) is 12.2 Å². The maximum atomic E-state index is 5.76. The highest BCUT2D eigenvalue weighted by Crippen LogP contribution is 2.22. The van der Waals surface area contributed by atoms with Crippen LogP contribution < -0.4 is 0 Å². The second kappa shape index (κ2) is 15.5. The van der Waals surface area contributed by atoms with Crippen LogP contribution in [-0.4, -0.2) is 44.9 Å². The summed E-state index contributed by atoms with van der Waals surface area (Å²) in [5, 5.41) is 0. The molecule has 0 aromatic rings. The van der Waals surface area contributed by atoms with Crippen molar-refractivity contribution in [1.82, 2.24) is 0 Å². The zero-order chi connectivity index (χ0) is 19.8. The standard InChI is InChI=1S/C23H44O4/c1-5-6-7-8-9-10-11-12-13-14-15-16-17-21(24-4)18-25-19-22-20-26-23(2,3)27-22/h15-16,21-22H,5-14,17-20H2,1-4H3/b16-15+. The van der Waals surface area contributed by atoms with Crippen molar-refractivity contribution in [3.05, 3.63) is 12.2 Å². The second-order valence-corrected chi connectivity index (χ2v) is 8.17. The summed E-state index contributed by atoms with van der Waals surface area (Å²) in [7, 11) is 1.75. The number of allylic oxidation sites excluding steroid dienone is 1. The number of methoxy groups -OCH3 is 1. The van der Waals surface area contributed by atoms with Crippen LogP contribution in [0, 0.1) is 0 Å². The first kappa shape index (κ1) is 24.6. The van der Waals surface area contributed by atoms with Gasteiger partial charge in [-0.25, -0.2) is 0 Å². The van der Waals surface area contributed by atoms with E-state index in [0.717, 1.165) is 6.42 Å². The van der Waals surface area contributed by atoms with E-state index in [0.29, 0.717) is 19.8 Å². The van der Waals surface area contributed by atoms with Gasteiger partial charge in [-0.1, -0.05) is 70.4 Å². The van der Waals surface area contributed by atoms with Crippen LogP contribution >= 0.6 is 0 Å². The molecule has 4 heteroatoms. The average Bonchev–Trinajstić information content (AvgIpc) is 2.99. The SMILES string of the molecule is CCCCCCCCCCC/C=C/CC(COCC1COC(C)(C)O1)OC. The Morgan fingerprint density at radius 3 is 2.26 bits per heavy atom. The summed E-state index contributed by atoms with van der Waals surface area (Å²) in [5.41, 5.74) is 0. The summed E-state index contributed by atoms with van der Waals surface area (Å²) in [4.78, 5) is 0. The van der Waals surface area contributed by atoms with Gasteiger partial charge in [-0.2, -0.15) is 0 Å². The van der Waals surface area contributed by atoms with Crippen molar-refractivity contribution < 1.29 is 18.9 Å². The molecule has 0 saturated carbocycles. The molecule has 0 aromatic heterocycles. The Balaban J connectivity index is 1.93. The normalized spacial score (nSPS) is 20.5. The van der Waals surface area contributed by atoms with Gasteiger partial charge in [-0.3, -0.25) is 0 Å². The van der Waals surface area contributed by atoms with Crippen molar-refractivity contribution in [2.45, 2.75) is 109 Å². The molecule has 1 aliphatic rings. The van der Waals surface area contributed by atoms with Crippen LogP contribution in [0.5, 0.6) is 0 Å². The number of rotatable bonds is 17. The average molecular weight is 385 g/mol. The van der Waals surface area contributed by atoms with Crippen molar-refractivity contribution in [3.8, 4) is 0 Å². The highest BCUT2D eigenvalue weighted by Gasteiger charge is 2.32. The minimum atomic E-state index is -0.480. The first-order chi connectivity index (χ1) is 13.1. The Bertz CT molecular complexity index is 367. The summed E-state index contributed by atoms with van der Waals surface area (Å²) < 4.78 is 22.5. The van der Waals surface area contributed by atoms with E-state index >= 15 is 0 Å². The predicted octanol–water partition coefficient (Wildman–Crippen LogP) is 6.04. The number of unbranched alkanes of at least 4 members (excludes halogenated alkanes) is 9. The number of ether oxygens (including phenoxy) is 4. The van der Waals surface area contributed by atoms with E-state index in [1.165, 1.54) is 64.2 Å². The molecule has 27 heavy (non-hydrogen) atoms. The van der Waals surface area contributed by atoms with Gasteiger partial charge in [0.1, 0.15) is 6.10 Å². The summed E-state index contributed by atoms with van der Waals surface area (Å²) in [5.74, 6) is -0.480. The van der Waals surface area contributed by atoms with E-state index < -0.39 is 5.79 Å². The van der Waals surface area contributed by atoms with E-state index in [1.807, 2.05) is 13.8 Å². The molecule has 0 aliphatic carbocycles. The van der Waals surface area contributed by atoms with E-state index in [1.54, 1.807) is 7.11 Å². The molecule has 0 radical (unpaired) electrons. The Morgan fingerprint density at radius 1 is 1.00 bits per heavy atom. The first-order valence-electron chi connectivity index (χ1n) is 11.1. The lowest BCUT2D eigenvalue weighted by Gasteiger charge is -2.18. The molecule has 0 N–H and O–H groups in total. The van der Waals surface area contributed by atoms with Gasteiger partial charge in [0.25, 0.3) is 0 Å². The van der Waals surface area contributed by atoms with Gasteiger partial charge in [0, 0.05) is 7.11 Å². The zero-order valence-corrected chi connectivity index (χ0v) is 18.3. The first-order valence-corrected chi connectivity index (χ1v) is 11.1. The molecule has 1 saturated heterocycles. The minimum absolute atomic E-state index is 0.0275. The summed E-state index contributed by atoms with van der Waals surface area (Å²) in [6, 6.07) is 0. The van der Waals surface area contributed by atoms with Crippen LogP contribution in [0.4, 0.5) is 0 Å². The molecule has 0 amide bonds. The van der Waals surface area contributed by atoms with E-state index in [2.05, 4.69) is 19.1 Å². The van der Waals surface area contributed by atoms with Crippen molar-refractivity contribution in [3.63, 3.8) is 0 Å².